The number of rotatable bonds is 5. The van der Waals surface area contributed by atoms with Gasteiger partial charge in [-0.1, -0.05) is 6.92 Å². The van der Waals surface area contributed by atoms with E-state index in [0.717, 1.165) is 11.7 Å². The van der Waals surface area contributed by atoms with E-state index in [4.69, 9.17) is 14.7 Å². The summed E-state index contributed by atoms with van der Waals surface area (Å²) < 4.78 is 11.4. The first kappa shape index (κ1) is 13.9. The van der Waals surface area contributed by atoms with Crippen molar-refractivity contribution in [2.45, 2.75) is 38.7 Å². The topological polar surface area (TPSA) is 42.2 Å². The summed E-state index contributed by atoms with van der Waals surface area (Å²) in [7, 11) is 0. The smallest absolute Gasteiger partial charge is 0.119 e. The molecule has 1 aromatic carbocycles. The second-order valence-corrected chi connectivity index (χ2v) is 5.24. The van der Waals surface area contributed by atoms with Crippen LogP contribution >= 0.6 is 0 Å². The molecule has 102 valence electrons. The van der Waals surface area contributed by atoms with E-state index in [0.29, 0.717) is 24.9 Å². The van der Waals surface area contributed by atoms with Gasteiger partial charge in [-0.05, 0) is 55.9 Å². The number of nitrogens with zero attached hydrogens (tertiary/aromatic N) is 1. The maximum absolute atomic E-state index is 8.69. The van der Waals surface area contributed by atoms with Crippen LogP contribution in [-0.2, 0) is 4.74 Å². The molecule has 1 aliphatic rings. The van der Waals surface area contributed by atoms with Crippen molar-refractivity contribution < 1.29 is 9.47 Å². The molecule has 0 aliphatic heterocycles. The van der Waals surface area contributed by atoms with Crippen molar-refractivity contribution in [1.82, 2.24) is 0 Å². The maximum atomic E-state index is 8.69. The van der Waals surface area contributed by atoms with Gasteiger partial charge in [0.25, 0.3) is 0 Å². The third kappa shape index (κ3) is 4.57. The van der Waals surface area contributed by atoms with E-state index >= 15 is 0 Å². The monoisotopic (exact) mass is 259 g/mol. The van der Waals surface area contributed by atoms with Crippen LogP contribution in [0.1, 0.15) is 38.2 Å². The second kappa shape index (κ2) is 7.16. The largest absolute Gasteiger partial charge is 0.491 e. The molecule has 0 atom stereocenters. The Morgan fingerprint density at radius 2 is 1.79 bits per heavy atom. The molecule has 1 aliphatic carbocycles. The molecule has 0 bridgehead atoms. The average molecular weight is 259 g/mol. The lowest BCUT2D eigenvalue weighted by Gasteiger charge is -2.26. The van der Waals surface area contributed by atoms with E-state index in [1.807, 2.05) is 12.1 Å². The molecule has 3 nitrogen and oxygen atoms in total. The van der Waals surface area contributed by atoms with Crippen LogP contribution in [0.15, 0.2) is 24.3 Å². The predicted octanol–water partition coefficient (Wildman–Crippen LogP) is 3.53. The first-order valence-electron chi connectivity index (χ1n) is 7.02. The molecule has 19 heavy (non-hydrogen) atoms. The summed E-state index contributed by atoms with van der Waals surface area (Å²) >= 11 is 0. The number of benzene rings is 1. The van der Waals surface area contributed by atoms with Crippen LogP contribution in [0, 0.1) is 17.2 Å². The van der Waals surface area contributed by atoms with Crippen LogP contribution in [0.2, 0.25) is 0 Å². The molecule has 2 rings (SSSR count). The minimum atomic E-state index is 0.417. The highest BCUT2D eigenvalue weighted by atomic mass is 16.5. The Morgan fingerprint density at radius 1 is 1.11 bits per heavy atom. The first-order chi connectivity index (χ1) is 9.28. The molecule has 0 spiro atoms. The van der Waals surface area contributed by atoms with Crippen molar-refractivity contribution in [3.63, 3.8) is 0 Å². The SMILES string of the molecule is CC1CCC(OCCOc2ccc(C#N)cc2)CC1. The van der Waals surface area contributed by atoms with Gasteiger partial charge in [-0.15, -0.1) is 0 Å². The Balaban J connectivity index is 1.62. The Kier molecular flexibility index (Phi) is 5.23. The zero-order valence-electron chi connectivity index (χ0n) is 11.5. The minimum absolute atomic E-state index is 0.417. The van der Waals surface area contributed by atoms with Crippen LogP contribution in [-0.4, -0.2) is 19.3 Å². The molecular weight excluding hydrogens is 238 g/mol. The second-order valence-electron chi connectivity index (χ2n) is 5.24. The maximum Gasteiger partial charge on any atom is 0.119 e. The highest BCUT2D eigenvalue weighted by Crippen LogP contribution is 2.25. The summed E-state index contributed by atoms with van der Waals surface area (Å²) in [5, 5.41) is 8.69. The van der Waals surface area contributed by atoms with Crippen LogP contribution < -0.4 is 4.74 Å². The lowest BCUT2D eigenvalue weighted by atomic mass is 9.89. The Morgan fingerprint density at radius 3 is 2.42 bits per heavy atom. The fourth-order valence-corrected chi connectivity index (χ4v) is 2.40. The lowest BCUT2D eigenvalue weighted by Crippen LogP contribution is -2.22. The highest BCUT2D eigenvalue weighted by Gasteiger charge is 2.18. The van der Waals surface area contributed by atoms with Crippen molar-refractivity contribution in [2.24, 2.45) is 5.92 Å². The van der Waals surface area contributed by atoms with Gasteiger partial charge < -0.3 is 9.47 Å². The molecule has 0 heterocycles. The van der Waals surface area contributed by atoms with Gasteiger partial charge in [0, 0.05) is 0 Å². The third-order valence-electron chi connectivity index (χ3n) is 3.65. The van der Waals surface area contributed by atoms with Gasteiger partial charge in [0.2, 0.25) is 0 Å². The zero-order chi connectivity index (χ0) is 13.5. The van der Waals surface area contributed by atoms with E-state index in [-0.39, 0.29) is 0 Å². The van der Waals surface area contributed by atoms with Gasteiger partial charge in [-0.2, -0.15) is 5.26 Å². The van der Waals surface area contributed by atoms with Gasteiger partial charge in [-0.25, -0.2) is 0 Å². The molecule has 3 heteroatoms. The van der Waals surface area contributed by atoms with Gasteiger partial charge in [-0.3, -0.25) is 0 Å². The number of hydrogen-bond acceptors (Lipinski definition) is 3. The molecule has 0 radical (unpaired) electrons. The normalized spacial score (nSPS) is 22.7. The minimum Gasteiger partial charge on any atom is -0.491 e. The van der Waals surface area contributed by atoms with E-state index in [2.05, 4.69) is 13.0 Å². The van der Waals surface area contributed by atoms with Crippen LogP contribution in [0.4, 0.5) is 0 Å². The third-order valence-corrected chi connectivity index (χ3v) is 3.65. The Bertz CT molecular complexity index is 413. The quantitative estimate of drug-likeness (QED) is 0.760. The number of hydrogen-bond donors (Lipinski definition) is 0. The molecule has 0 unspecified atom stereocenters. The molecule has 0 saturated heterocycles. The summed E-state index contributed by atoms with van der Waals surface area (Å²) in [4.78, 5) is 0. The van der Waals surface area contributed by atoms with Crippen molar-refractivity contribution in [3.05, 3.63) is 29.8 Å². The van der Waals surface area contributed by atoms with Gasteiger partial charge in [0.15, 0.2) is 0 Å². The van der Waals surface area contributed by atoms with E-state index in [1.54, 1.807) is 12.1 Å². The van der Waals surface area contributed by atoms with Crippen molar-refractivity contribution in [3.8, 4) is 11.8 Å². The summed E-state index contributed by atoms with van der Waals surface area (Å²) in [6.45, 7) is 3.52. The van der Waals surface area contributed by atoms with Gasteiger partial charge in [0.1, 0.15) is 12.4 Å². The molecule has 1 fully saturated rings. The summed E-state index contributed by atoms with van der Waals surface area (Å²) in [6, 6.07) is 9.25. The van der Waals surface area contributed by atoms with E-state index in [9.17, 15) is 0 Å². The number of ether oxygens (including phenoxy) is 2. The van der Waals surface area contributed by atoms with Gasteiger partial charge >= 0.3 is 0 Å². The van der Waals surface area contributed by atoms with Crippen LogP contribution in [0.5, 0.6) is 5.75 Å². The summed E-state index contributed by atoms with van der Waals surface area (Å²) in [5.74, 6) is 1.65. The number of nitriles is 1. The molecule has 1 saturated carbocycles. The Hall–Kier alpha value is -1.53. The van der Waals surface area contributed by atoms with Crippen molar-refractivity contribution in [2.75, 3.05) is 13.2 Å². The summed E-state index contributed by atoms with van der Waals surface area (Å²) in [6.07, 6.45) is 5.33. The average Bonchev–Trinajstić information content (AvgIpc) is 2.46. The lowest BCUT2D eigenvalue weighted by molar-refractivity contribution is 0.00570. The summed E-state index contributed by atoms with van der Waals surface area (Å²) in [5.41, 5.74) is 0.653. The zero-order valence-corrected chi connectivity index (χ0v) is 11.5. The fourth-order valence-electron chi connectivity index (χ4n) is 2.40. The van der Waals surface area contributed by atoms with E-state index in [1.165, 1.54) is 25.7 Å². The van der Waals surface area contributed by atoms with Crippen molar-refractivity contribution >= 4 is 0 Å². The fraction of sp³-hybridized carbons (Fsp3) is 0.562. The van der Waals surface area contributed by atoms with Crippen LogP contribution in [0.25, 0.3) is 0 Å². The molecule has 0 N–H and O–H groups in total. The Labute approximate surface area is 115 Å². The molecule has 0 amide bonds. The highest BCUT2D eigenvalue weighted by molar-refractivity contribution is 5.34. The van der Waals surface area contributed by atoms with Crippen molar-refractivity contribution in [1.29, 1.82) is 5.26 Å². The van der Waals surface area contributed by atoms with Gasteiger partial charge in [0.05, 0.1) is 24.3 Å². The molecule has 0 aromatic heterocycles. The predicted molar refractivity (Wildman–Crippen MR) is 74.0 cm³/mol. The van der Waals surface area contributed by atoms with E-state index < -0.39 is 0 Å². The van der Waals surface area contributed by atoms with Crippen LogP contribution in [0.3, 0.4) is 0 Å². The molecular formula is C16H21NO2. The standard InChI is InChI=1S/C16H21NO2/c1-13-2-6-15(7-3-13)18-10-11-19-16-8-4-14(12-17)5-9-16/h4-5,8-9,13,15H,2-3,6-7,10-11H2,1H3. The first-order valence-corrected chi connectivity index (χ1v) is 7.02. The molecule has 1 aromatic rings.